The molecule has 3 aliphatic rings. The van der Waals surface area contributed by atoms with Crippen LogP contribution in [0, 0.1) is 17.6 Å². The van der Waals surface area contributed by atoms with E-state index in [1.165, 1.54) is 6.07 Å². The molecule has 7 heteroatoms. The Kier molecular flexibility index (Phi) is 3.25. The van der Waals surface area contributed by atoms with Gasteiger partial charge in [0.15, 0.2) is 11.6 Å². The molecule has 1 aliphatic carbocycles. The fourth-order valence-electron chi connectivity index (χ4n) is 3.48. The molecule has 2 heterocycles. The Morgan fingerprint density at radius 2 is 2.00 bits per heavy atom. The Labute approximate surface area is 132 Å². The summed E-state index contributed by atoms with van der Waals surface area (Å²) in [5, 5.41) is 2.75. The summed E-state index contributed by atoms with van der Waals surface area (Å²) in [6.45, 7) is 2.47. The molecule has 23 heavy (non-hydrogen) atoms. The number of hydrogen-bond donors (Lipinski definition) is 1. The van der Waals surface area contributed by atoms with Crippen LogP contribution in [0.5, 0.6) is 0 Å². The monoisotopic (exact) mass is 321 g/mol. The van der Waals surface area contributed by atoms with Gasteiger partial charge in [0.25, 0.3) is 0 Å². The molecule has 4 rings (SSSR count). The molecule has 2 aliphatic heterocycles. The predicted octanol–water partition coefficient (Wildman–Crippen LogP) is 1.30. The lowest BCUT2D eigenvalue weighted by molar-refractivity contribution is -0.139. The lowest BCUT2D eigenvalue weighted by Crippen LogP contribution is -2.62. The van der Waals surface area contributed by atoms with Crippen molar-refractivity contribution in [2.75, 3.05) is 26.2 Å². The van der Waals surface area contributed by atoms with E-state index < -0.39 is 11.6 Å². The third-order valence-electron chi connectivity index (χ3n) is 4.98. The smallest absolute Gasteiger partial charge is 0.317 e. The number of carbonyl (C=O) groups excluding carboxylic acids is 2. The van der Waals surface area contributed by atoms with E-state index in [1.807, 2.05) is 0 Å². The minimum absolute atomic E-state index is 0.0215. The molecular weight excluding hydrogens is 304 g/mol. The summed E-state index contributed by atoms with van der Waals surface area (Å²) in [5.41, 5.74) is 0.679. The highest BCUT2D eigenvalue weighted by Gasteiger charge is 2.49. The average molecular weight is 321 g/mol. The number of benzene rings is 1. The molecule has 3 amide bonds. The van der Waals surface area contributed by atoms with E-state index in [0.717, 1.165) is 6.07 Å². The number of urea groups is 1. The van der Waals surface area contributed by atoms with E-state index in [-0.39, 0.29) is 29.8 Å². The highest BCUT2D eigenvalue weighted by Crippen LogP contribution is 2.49. The average Bonchev–Trinajstić information content (AvgIpc) is 3.18. The topological polar surface area (TPSA) is 52.7 Å². The van der Waals surface area contributed by atoms with Crippen molar-refractivity contribution < 1.29 is 18.4 Å². The summed E-state index contributed by atoms with van der Waals surface area (Å²) >= 11 is 0. The zero-order valence-corrected chi connectivity index (χ0v) is 12.5. The van der Waals surface area contributed by atoms with Crippen LogP contribution in [0.3, 0.4) is 0 Å². The molecule has 5 nitrogen and oxygen atoms in total. The van der Waals surface area contributed by atoms with Crippen LogP contribution in [-0.2, 0) is 4.79 Å². The van der Waals surface area contributed by atoms with Crippen LogP contribution in [0.4, 0.5) is 13.6 Å². The van der Waals surface area contributed by atoms with Gasteiger partial charge in [-0.15, -0.1) is 0 Å². The van der Waals surface area contributed by atoms with Crippen molar-refractivity contribution in [2.24, 2.45) is 5.92 Å². The van der Waals surface area contributed by atoms with Crippen molar-refractivity contribution in [3.8, 4) is 0 Å². The van der Waals surface area contributed by atoms with Gasteiger partial charge in [0.1, 0.15) is 0 Å². The van der Waals surface area contributed by atoms with Crippen molar-refractivity contribution in [2.45, 2.75) is 18.4 Å². The molecule has 0 bridgehead atoms. The highest BCUT2D eigenvalue weighted by atomic mass is 19.2. The molecule has 0 spiro atoms. The largest absolute Gasteiger partial charge is 0.338 e. The quantitative estimate of drug-likeness (QED) is 0.912. The third-order valence-corrected chi connectivity index (χ3v) is 4.98. The Hall–Kier alpha value is -2.18. The maximum Gasteiger partial charge on any atom is 0.317 e. The Morgan fingerprint density at radius 1 is 1.22 bits per heavy atom. The highest BCUT2D eigenvalue weighted by molar-refractivity contribution is 5.84. The first-order chi connectivity index (χ1) is 11.0. The molecular formula is C16H17F2N3O2. The van der Waals surface area contributed by atoms with Crippen LogP contribution in [0.1, 0.15) is 17.9 Å². The van der Waals surface area contributed by atoms with Crippen molar-refractivity contribution in [1.82, 2.24) is 15.1 Å². The van der Waals surface area contributed by atoms with Crippen LogP contribution in [0.2, 0.25) is 0 Å². The second-order valence-corrected chi connectivity index (χ2v) is 6.44. The fraction of sp³-hybridized carbons (Fsp3) is 0.500. The van der Waals surface area contributed by atoms with Gasteiger partial charge in [-0.2, -0.15) is 0 Å². The van der Waals surface area contributed by atoms with Gasteiger partial charge in [0.05, 0.1) is 6.04 Å². The standard InChI is InChI=1S/C16H17F2N3O2/c17-13-2-1-9(5-14(13)18)11-6-12(11)15(22)20-7-10(8-20)21-4-3-19-16(21)23/h1-2,5,10-12H,3-4,6-8H2,(H,19,23)/t11-,12-/m1/s1. The van der Waals surface area contributed by atoms with Crippen molar-refractivity contribution in [3.63, 3.8) is 0 Å². The molecule has 2 atom stereocenters. The molecule has 3 fully saturated rings. The van der Waals surface area contributed by atoms with Gasteiger partial charge in [-0.1, -0.05) is 6.07 Å². The molecule has 1 N–H and O–H groups in total. The van der Waals surface area contributed by atoms with Crippen LogP contribution >= 0.6 is 0 Å². The fourth-order valence-corrected chi connectivity index (χ4v) is 3.48. The van der Waals surface area contributed by atoms with Gasteiger partial charge in [-0.3, -0.25) is 4.79 Å². The van der Waals surface area contributed by atoms with Crippen LogP contribution in [-0.4, -0.2) is 54.0 Å². The van der Waals surface area contributed by atoms with E-state index in [0.29, 0.717) is 38.2 Å². The zero-order chi connectivity index (χ0) is 16.1. The molecule has 1 aromatic rings. The number of rotatable bonds is 3. The number of halogens is 2. The summed E-state index contributed by atoms with van der Waals surface area (Å²) < 4.78 is 26.2. The summed E-state index contributed by atoms with van der Waals surface area (Å²) in [5.74, 6) is -1.85. The minimum atomic E-state index is -0.871. The molecule has 0 radical (unpaired) electrons. The van der Waals surface area contributed by atoms with Gasteiger partial charge in [-0.25, -0.2) is 13.6 Å². The van der Waals surface area contributed by atoms with E-state index in [2.05, 4.69) is 5.32 Å². The number of hydrogen-bond acceptors (Lipinski definition) is 2. The Morgan fingerprint density at radius 3 is 2.65 bits per heavy atom. The number of likely N-dealkylation sites (tertiary alicyclic amines) is 1. The van der Waals surface area contributed by atoms with Gasteiger partial charge < -0.3 is 15.1 Å². The van der Waals surface area contributed by atoms with Crippen LogP contribution < -0.4 is 5.32 Å². The minimum Gasteiger partial charge on any atom is -0.338 e. The van der Waals surface area contributed by atoms with E-state index in [9.17, 15) is 18.4 Å². The van der Waals surface area contributed by atoms with E-state index in [4.69, 9.17) is 0 Å². The predicted molar refractivity (Wildman–Crippen MR) is 77.7 cm³/mol. The molecule has 2 saturated heterocycles. The van der Waals surface area contributed by atoms with Gasteiger partial charge in [0, 0.05) is 32.1 Å². The second kappa shape index (κ2) is 5.18. The maximum atomic E-state index is 13.3. The lowest BCUT2D eigenvalue weighted by Gasteiger charge is -2.43. The van der Waals surface area contributed by atoms with E-state index >= 15 is 0 Å². The number of nitrogens with zero attached hydrogens (tertiary/aromatic N) is 2. The van der Waals surface area contributed by atoms with Crippen molar-refractivity contribution in [1.29, 1.82) is 0 Å². The first-order valence-corrected chi connectivity index (χ1v) is 7.83. The summed E-state index contributed by atoms with van der Waals surface area (Å²) in [6.07, 6.45) is 0.676. The molecule has 1 saturated carbocycles. The first kappa shape index (κ1) is 14.4. The van der Waals surface area contributed by atoms with Crippen LogP contribution in [0.15, 0.2) is 18.2 Å². The second-order valence-electron chi connectivity index (χ2n) is 6.44. The Balaban J connectivity index is 1.33. The maximum absolute atomic E-state index is 13.3. The SMILES string of the molecule is O=C([C@@H]1C[C@@H]1c1ccc(F)c(F)c1)N1CC(N2CCNC2=O)C1. The Bertz CT molecular complexity index is 675. The van der Waals surface area contributed by atoms with Crippen molar-refractivity contribution in [3.05, 3.63) is 35.4 Å². The van der Waals surface area contributed by atoms with Crippen molar-refractivity contribution >= 4 is 11.9 Å². The number of amides is 3. The van der Waals surface area contributed by atoms with Gasteiger partial charge in [0.2, 0.25) is 5.91 Å². The summed E-state index contributed by atoms with van der Waals surface area (Å²) in [6, 6.07) is 3.87. The van der Waals surface area contributed by atoms with E-state index in [1.54, 1.807) is 15.9 Å². The van der Waals surface area contributed by atoms with Crippen LogP contribution in [0.25, 0.3) is 0 Å². The third kappa shape index (κ3) is 2.44. The molecule has 1 aromatic carbocycles. The zero-order valence-electron chi connectivity index (χ0n) is 12.5. The molecule has 0 unspecified atom stereocenters. The number of nitrogens with one attached hydrogen (secondary N) is 1. The summed E-state index contributed by atoms with van der Waals surface area (Å²) in [7, 11) is 0. The normalized spacial score (nSPS) is 27.0. The molecule has 0 aromatic heterocycles. The summed E-state index contributed by atoms with van der Waals surface area (Å²) in [4.78, 5) is 27.5. The lowest BCUT2D eigenvalue weighted by atomic mass is 10.0. The van der Waals surface area contributed by atoms with Gasteiger partial charge >= 0.3 is 6.03 Å². The first-order valence-electron chi connectivity index (χ1n) is 7.83. The van der Waals surface area contributed by atoms with Gasteiger partial charge in [-0.05, 0) is 30.0 Å². The number of carbonyl (C=O) groups is 2. The molecule has 122 valence electrons.